The fourth-order valence-electron chi connectivity index (χ4n) is 0.733. The molecule has 0 aliphatic heterocycles. The lowest BCUT2D eigenvalue weighted by Gasteiger charge is -2.06. The molecule has 0 amide bonds. The number of hydrogen-bond acceptors (Lipinski definition) is 3. The fourth-order valence-corrected chi connectivity index (χ4v) is 0.733. The van der Waals surface area contributed by atoms with E-state index in [-0.39, 0.29) is 26.2 Å². The maximum Gasteiger partial charge on any atom is 0.389 e. The fraction of sp³-hybridized carbons (Fsp3) is 0.875. The Balaban J connectivity index is 3.26. The van der Waals surface area contributed by atoms with Gasteiger partial charge in [-0.1, -0.05) is 0 Å². The van der Waals surface area contributed by atoms with E-state index in [2.05, 4.69) is 9.47 Å². The van der Waals surface area contributed by atoms with Gasteiger partial charge in [-0.2, -0.15) is 13.2 Å². The van der Waals surface area contributed by atoms with Crippen LogP contribution >= 0.6 is 0 Å². The van der Waals surface area contributed by atoms with Gasteiger partial charge in [-0.05, 0) is 13.3 Å². The monoisotopic (exact) mass is 214 g/mol. The van der Waals surface area contributed by atoms with Crippen LogP contribution in [0.2, 0.25) is 0 Å². The Morgan fingerprint density at radius 3 is 2.50 bits per heavy atom. The van der Waals surface area contributed by atoms with Gasteiger partial charge in [-0.25, -0.2) is 4.79 Å². The first-order chi connectivity index (χ1) is 6.45. The topological polar surface area (TPSA) is 35.5 Å². The molecule has 84 valence electrons. The molecule has 0 aromatic rings. The van der Waals surface area contributed by atoms with E-state index in [1.165, 1.54) is 0 Å². The molecule has 0 aliphatic carbocycles. The summed E-state index contributed by atoms with van der Waals surface area (Å²) in [6.45, 7) is 1.51. The van der Waals surface area contributed by atoms with Crippen molar-refractivity contribution >= 4 is 5.97 Å². The van der Waals surface area contributed by atoms with E-state index in [1.54, 1.807) is 6.92 Å². The van der Waals surface area contributed by atoms with Gasteiger partial charge in [0.15, 0.2) is 0 Å². The van der Waals surface area contributed by atoms with E-state index in [9.17, 15) is 18.0 Å². The number of carbonyl (C=O) groups excluding carboxylic acids is 1. The summed E-state index contributed by atoms with van der Waals surface area (Å²) in [5.74, 6) is -0.556. The molecule has 0 fully saturated rings. The van der Waals surface area contributed by atoms with Crippen LogP contribution in [-0.4, -0.2) is 32.0 Å². The van der Waals surface area contributed by atoms with Gasteiger partial charge >= 0.3 is 12.1 Å². The molecule has 0 unspecified atom stereocenters. The van der Waals surface area contributed by atoms with Gasteiger partial charge in [-0.3, -0.25) is 0 Å². The molecule has 0 saturated carbocycles. The normalized spacial score (nSPS) is 11.4. The lowest BCUT2D eigenvalue weighted by Crippen LogP contribution is -2.14. The molecule has 0 aromatic heterocycles. The Morgan fingerprint density at radius 1 is 1.36 bits per heavy atom. The predicted molar refractivity (Wildman–Crippen MR) is 42.7 cm³/mol. The van der Waals surface area contributed by atoms with Crippen molar-refractivity contribution in [3.63, 3.8) is 0 Å². The lowest BCUT2D eigenvalue weighted by atomic mass is 10.3. The molecule has 0 radical (unpaired) electrons. The average molecular weight is 214 g/mol. The maximum absolute atomic E-state index is 11.6. The van der Waals surface area contributed by atoms with Crippen molar-refractivity contribution in [2.75, 3.05) is 19.8 Å². The Kier molecular flexibility index (Phi) is 6.27. The van der Waals surface area contributed by atoms with Crippen molar-refractivity contribution in [2.24, 2.45) is 0 Å². The molecule has 14 heavy (non-hydrogen) atoms. The van der Waals surface area contributed by atoms with Crippen LogP contribution in [0.1, 0.15) is 19.8 Å². The quantitative estimate of drug-likeness (QED) is 0.500. The van der Waals surface area contributed by atoms with E-state index < -0.39 is 18.6 Å². The van der Waals surface area contributed by atoms with Crippen LogP contribution in [0, 0.1) is 0 Å². The summed E-state index contributed by atoms with van der Waals surface area (Å²) < 4.78 is 44.0. The second-order valence-electron chi connectivity index (χ2n) is 2.58. The molecular formula is C8H13F3O3. The number of esters is 1. The highest BCUT2D eigenvalue weighted by Gasteiger charge is 2.25. The van der Waals surface area contributed by atoms with Crippen LogP contribution < -0.4 is 0 Å². The number of rotatable bonds is 6. The van der Waals surface area contributed by atoms with E-state index >= 15 is 0 Å². The second kappa shape index (κ2) is 6.64. The molecular weight excluding hydrogens is 201 g/mol. The summed E-state index contributed by atoms with van der Waals surface area (Å²) in [5.41, 5.74) is 0. The SMILES string of the molecule is CCOC(=O)COCCCC(F)(F)F. The van der Waals surface area contributed by atoms with Crippen LogP contribution in [0.4, 0.5) is 13.2 Å². The predicted octanol–water partition coefficient (Wildman–Crippen LogP) is 1.91. The van der Waals surface area contributed by atoms with Gasteiger partial charge in [-0.15, -0.1) is 0 Å². The minimum atomic E-state index is -4.16. The molecule has 6 heteroatoms. The number of carbonyl (C=O) groups is 1. The largest absolute Gasteiger partial charge is 0.464 e. The molecule has 0 bridgehead atoms. The third-order valence-corrected chi connectivity index (χ3v) is 1.27. The molecule has 0 N–H and O–H groups in total. The van der Waals surface area contributed by atoms with Gasteiger partial charge in [0.1, 0.15) is 6.61 Å². The summed E-state index contributed by atoms with van der Waals surface area (Å²) >= 11 is 0. The molecule has 0 atom stereocenters. The van der Waals surface area contributed by atoms with Crippen molar-refractivity contribution in [3.05, 3.63) is 0 Å². The standard InChI is InChI=1S/C8H13F3O3/c1-2-14-7(12)6-13-5-3-4-8(9,10)11/h2-6H2,1H3. The maximum atomic E-state index is 11.6. The average Bonchev–Trinajstić information content (AvgIpc) is 2.02. The number of halogens is 3. The molecule has 3 nitrogen and oxygen atoms in total. The minimum Gasteiger partial charge on any atom is -0.464 e. The van der Waals surface area contributed by atoms with Crippen molar-refractivity contribution in [1.29, 1.82) is 0 Å². The number of ether oxygens (including phenoxy) is 2. The second-order valence-corrected chi connectivity index (χ2v) is 2.58. The Hall–Kier alpha value is -0.780. The van der Waals surface area contributed by atoms with Gasteiger partial charge < -0.3 is 9.47 Å². The highest BCUT2D eigenvalue weighted by atomic mass is 19.4. The summed E-state index contributed by atoms with van der Waals surface area (Å²) in [6.07, 6.45) is -5.19. The molecule has 0 rings (SSSR count). The van der Waals surface area contributed by atoms with Crippen LogP contribution in [-0.2, 0) is 14.3 Å². The Bertz CT molecular complexity index is 168. The smallest absolute Gasteiger partial charge is 0.389 e. The Labute approximate surface area is 80.2 Å². The van der Waals surface area contributed by atoms with Gasteiger partial charge in [0.05, 0.1) is 6.61 Å². The highest BCUT2D eigenvalue weighted by Crippen LogP contribution is 2.20. The Morgan fingerprint density at radius 2 is 2.00 bits per heavy atom. The van der Waals surface area contributed by atoms with E-state index in [0.717, 1.165) is 0 Å². The highest BCUT2D eigenvalue weighted by molar-refractivity contribution is 5.70. The van der Waals surface area contributed by atoms with Gasteiger partial charge in [0, 0.05) is 13.0 Å². The van der Waals surface area contributed by atoms with Crippen LogP contribution in [0.15, 0.2) is 0 Å². The van der Waals surface area contributed by atoms with Crippen molar-refractivity contribution < 1.29 is 27.4 Å². The van der Waals surface area contributed by atoms with Crippen LogP contribution in [0.5, 0.6) is 0 Å². The van der Waals surface area contributed by atoms with Crippen molar-refractivity contribution in [2.45, 2.75) is 25.9 Å². The van der Waals surface area contributed by atoms with Gasteiger partial charge in [0.2, 0.25) is 0 Å². The first-order valence-corrected chi connectivity index (χ1v) is 4.26. The summed E-state index contributed by atoms with van der Waals surface area (Å²) in [7, 11) is 0. The van der Waals surface area contributed by atoms with Crippen molar-refractivity contribution in [3.8, 4) is 0 Å². The molecule has 0 saturated heterocycles. The minimum absolute atomic E-state index is 0.0850. The zero-order valence-electron chi connectivity index (χ0n) is 7.89. The van der Waals surface area contributed by atoms with E-state index in [0.29, 0.717) is 0 Å². The lowest BCUT2D eigenvalue weighted by molar-refractivity contribution is -0.149. The number of hydrogen-bond donors (Lipinski definition) is 0. The van der Waals surface area contributed by atoms with Crippen molar-refractivity contribution in [1.82, 2.24) is 0 Å². The molecule has 0 heterocycles. The summed E-state index contributed by atoms with van der Waals surface area (Å²) in [6, 6.07) is 0. The third-order valence-electron chi connectivity index (χ3n) is 1.27. The molecule has 0 spiro atoms. The zero-order chi connectivity index (χ0) is 11.0. The van der Waals surface area contributed by atoms with E-state index in [1.807, 2.05) is 0 Å². The first kappa shape index (κ1) is 13.2. The third kappa shape index (κ3) is 9.31. The van der Waals surface area contributed by atoms with E-state index in [4.69, 9.17) is 0 Å². The summed E-state index contributed by atoms with van der Waals surface area (Å²) in [5, 5.41) is 0. The first-order valence-electron chi connectivity index (χ1n) is 4.26. The van der Waals surface area contributed by atoms with Crippen LogP contribution in [0.25, 0.3) is 0 Å². The molecule has 0 aliphatic rings. The summed E-state index contributed by atoms with van der Waals surface area (Å²) in [4.78, 5) is 10.6. The van der Waals surface area contributed by atoms with Crippen LogP contribution in [0.3, 0.4) is 0 Å². The van der Waals surface area contributed by atoms with Gasteiger partial charge in [0.25, 0.3) is 0 Å². The number of alkyl halides is 3. The molecule has 0 aromatic carbocycles. The zero-order valence-corrected chi connectivity index (χ0v) is 7.89.